The van der Waals surface area contributed by atoms with Crippen LogP contribution in [0.15, 0.2) is 18.2 Å². The average molecular weight is 266 g/mol. The molecule has 0 aliphatic heterocycles. The second-order valence-corrected chi connectivity index (χ2v) is 4.28. The Morgan fingerprint density at radius 1 is 1.21 bits per heavy atom. The fraction of sp³-hybridized carbons (Fsp3) is 0.385. The van der Waals surface area contributed by atoms with Crippen LogP contribution in [0.25, 0.3) is 0 Å². The molecule has 2 amide bonds. The first-order valence-electron chi connectivity index (χ1n) is 5.88. The largest absolute Gasteiger partial charge is 0.504 e. The van der Waals surface area contributed by atoms with Crippen LogP contribution < -0.4 is 0 Å². The van der Waals surface area contributed by atoms with E-state index in [1.54, 1.807) is 21.0 Å². The number of aromatic hydroxyl groups is 2. The van der Waals surface area contributed by atoms with Gasteiger partial charge >= 0.3 is 0 Å². The standard InChI is InChI=1S/C13H18N2O4/c1-4-15(8-11(17)14(2)3)13(19)9-6-5-7-10(16)12(9)18/h5-7,16,18H,4,8H2,1-3H3. The third kappa shape index (κ3) is 3.37. The molecule has 0 saturated heterocycles. The van der Waals surface area contributed by atoms with E-state index in [-0.39, 0.29) is 23.8 Å². The van der Waals surface area contributed by atoms with Crippen LogP contribution in [-0.4, -0.2) is 59.0 Å². The predicted molar refractivity (Wildman–Crippen MR) is 70.0 cm³/mol. The first-order chi connectivity index (χ1) is 8.88. The average Bonchev–Trinajstić information content (AvgIpc) is 2.38. The zero-order chi connectivity index (χ0) is 14.6. The van der Waals surface area contributed by atoms with Gasteiger partial charge in [-0.3, -0.25) is 9.59 Å². The van der Waals surface area contributed by atoms with Gasteiger partial charge < -0.3 is 20.0 Å². The van der Waals surface area contributed by atoms with Crippen molar-refractivity contribution in [2.24, 2.45) is 0 Å². The Labute approximate surface area is 111 Å². The van der Waals surface area contributed by atoms with E-state index in [0.717, 1.165) is 0 Å². The summed E-state index contributed by atoms with van der Waals surface area (Å²) in [4.78, 5) is 26.5. The highest BCUT2D eigenvalue weighted by molar-refractivity contribution is 5.99. The molecule has 19 heavy (non-hydrogen) atoms. The first-order valence-corrected chi connectivity index (χ1v) is 5.88. The number of carbonyl (C=O) groups excluding carboxylic acids is 2. The topological polar surface area (TPSA) is 81.1 Å². The summed E-state index contributed by atoms with van der Waals surface area (Å²) in [6.07, 6.45) is 0. The van der Waals surface area contributed by atoms with Gasteiger partial charge in [0.05, 0.1) is 12.1 Å². The second kappa shape index (κ2) is 6.08. The van der Waals surface area contributed by atoms with Crippen molar-refractivity contribution in [2.75, 3.05) is 27.2 Å². The van der Waals surface area contributed by atoms with Crippen molar-refractivity contribution in [2.45, 2.75) is 6.92 Å². The molecule has 0 aliphatic rings. The van der Waals surface area contributed by atoms with Crippen LogP contribution in [0.5, 0.6) is 11.5 Å². The maximum atomic E-state index is 12.2. The van der Waals surface area contributed by atoms with Crippen molar-refractivity contribution in [1.82, 2.24) is 9.80 Å². The number of nitrogens with zero attached hydrogens (tertiary/aromatic N) is 2. The highest BCUT2D eigenvalue weighted by Crippen LogP contribution is 2.29. The monoisotopic (exact) mass is 266 g/mol. The Hall–Kier alpha value is -2.24. The number of amides is 2. The smallest absolute Gasteiger partial charge is 0.258 e. The molecule has 1 aromatic carbocycles. The number of para-hydroxylation sites is 1. The molecule has 1 rings (SSSR count). The van der Waals surface area contributed by atoms with Crippen molar-refractivity contribution in [3.63, 3.8) is 0 Å². The molecule has 6 heteroatoms. The minimum absolute atomic E-state index is 0.0200. The van der Waals surface area contributed by atoms with Crippen LogP contribution in [0.3, 0.4) is 0 Å². The third-order valence-corrected chi connectivity index (χ3v) is 2.74. The molecule has 0 saturated carbocycles. The lowest BCUT2D eigenvalue weighted by molar-refractivity contribution is -0.129. The van der Waals surface area contributed by atoms with Crippen molar-refractivity contribution in [1.29, 1.82) is 0 Å². The van der Waals surface area contributed by atoms with Gasteiger partial charge in [-0.15, -0.1) is 0 Å². The zero-order valence-electron chi connectivity index (χ0n) is 11.3. The number of benzene rings is 1. The number of phenols is 2. The normalized spacial score (nSPS) is 10.1. The Morgan fingerprint density at radius 3 is 2.37 bits per heavy atom. The van der Waals surface area contributed by atoms with E-state index in [1.165, 1.54) is 28.0 Å². The molecule has 0 radical (unpaired) electrons. The Bertz CT molecular complexity index is 486. The van der Waals surface area contributed by atoms with Gasteiger partial charge in [-0.25, -0.2) is 0 Å². The van der Waals surface area contributed by atoms with E-state index in [1.807, 2.05) is 0 Å². The Kier molecular flexibility index (Phi) is 4.74. The summed E-state index contributed by atoms with van der Waals surface area (Å²) >= 11 is 0. The quantitative estimate of drug-likeness (QED) is 0.784. The lowest BCUT2D eigenvalue weighted by Gasteiger charge is -2.22. The molecule has 0 aliphatic carbocycles. The SMILES string of the molecule is CCN(CC(=O)N(C)C)C(=O)c1cccc(O)c1O. The van der Waals surface area contributed by atoms with E-state index in [0.29, 0.717) is 6.54 Å². The molecular weight excluding hydrogens is 248 g/mol. The first kappa shape index (κ1) is 14.8. The van der Waals surface area contributed by atoms with Gasteiger partial charge in [0.25, 0.3) is 5.91 Å². The molecule has 0 spiro atoms. The highest BCUT2D eigenvalue weighted by atomic mass is 16.3. The summed E-state index contributed by atoms with van der Waals surface area (Å²) in [7, 11) is 3.21. The molecule has 0 unspecified atom stereocenters. The lowest BCUT2D eigenvalue weighted by atomic mass is 10.1. The molecule has 0 fully saturated rings. The van der Waals surface area contributed by atoms with Gasteiger partial charge in [-0.1, -0.05) is 6.07 Å². The number of hydrogen-bond donors (Lipinski definition) is 2. The number of carbonyl (C=O) groups is 2. The molecule has 0 bridgehead atoms. The summed E-state index contributed by atoms with van der Waals surface area (Å²) < 4.78 is 0. The number of likely N-dealkylation sites (N-methyl/N-ethyl adjacent to an activating group) is 2. The van der Waals surface area contributed by atoms with Crippen LogP contribution >= 0.6 is 0 Å². The summed E-state index contributed by atoms with van der Waals surface area (Å²) in [6.45, 7) is 1.99. The van der Waals surface area contributed by atoms with Crippen LogP contribution in [-0.2, 0) is 4.79 Å². The van der Waals surface area contributed by atoms with E-state index < -0.39 is 11.7 Å². The summed E-state index contributed by atoms with van der Waals surface area (Å²) in [5.41, 5.74) is -0.0200. The van der Waals surface area contributed by atoms with Crippen LogP contribution in [0.1, 0.15) is 17.3 Å². The minimum atomic E-state index is -0.494. The van der Waals surface area contributed by atoms with Gasteiger partial charge in [0.1, 0.15) is 0 Å². The molecule has 104 valence electrons. The van der Waals surface area contributed by atoms with E-state index in [4.69, 9.17) is 0 Å². The summed E-state index contributed by atoms with van der Waals surface area (Å²) in [5, 5.41) is 19.0. The predicted octanol–water partition coefficient (Wildman–Crippen LogP) is 0.648. The highest BCUT2D eigenvalue weighted by Gasteiger charge is 2.21. The van der Waals surface area contributed by atoms with Gasteiger partial charge in [0.2, 0.25) is 5.91 Å². The molecule has 2 N–H and O–H groups in total. The Balaban J connectivity index is 2.96. The van der Waals surface area contributed by atoms with Gasteiger partial charge in [-0.05, 0) is 19.1 Å². The van der Waals surface area contributed by atoms with Crippen LogP contribution in [0.4, 0.5) is 0 Å². The second-order valence-electron chi connectivity index (χ2n) is 4.28. The number of hydrogen-bond acceptors (Lipinski definition) is 4. The molecule has 6 nitrogen and oxygen atoms in total. The summed E-state index contributed by atoms with van der Waals surface area (Å²) in [6, 6.07) is 4.15. The lowest BCUT2D eigenvalue weighted by Crippen LogP contribution is -2.40. The van der Waals surface area contributed by atoms with E-state index in [9.17, 15) is 19.8 Å². The number of phenolic OH excluding ortho intramolecular Hbond substituents is 2. The fourth-order valence-corrected chi connectivity index (χ4v) is 1.51. The van der Waals surface area contributed by atoms with Crippen LogP contribution in [0.2, 0.25) is 0 Å². The zero-order valence-corrected chi connectivity index (χ0v) is 11.3. The molecule has 0 aromatic heterocycles. The maximum absolute atomic E-state index is 12.2. The molecule has 0 heterocycles. The Morgan fingerprint density at radius 2 is 1.84 bits per heavy atom. The van der Waals surface area contributed by atoms with Crippen LogP contribution in [0, 0.1) is 0 Å². The van der Waals surface area contributed by atoms with Gasteiger partial charge in [0.15, 0.2) is 11.5 Å². The summed E-state index contributed by atoms with van der Waals surface area (Å²) in [5.74, 6) is -1.54. The van der Waals surface area contributed by atoms with E-state index in [2.05, 4.69) is 0 Å². The fourth-order valence-electron chi connectivity index (χ4n) is 1.51. The maximum Gasteiger partial charge on any atom is 0.258 e. The molecule has 1 aromatic rings. The van der Waals surface area contributed by atoms with Crippen molar-refractivity contribution < 1.29 is 19.8 Å². The number of rotatable bonds is 4. The molecular formula is C13H18N2O4. The third-order valence-electron chi connectivity index (χ3n) is 2.74. The van der Waals surface area contributed by atoms with Crippen molar-refractivity contribution in [3.05, 3.63) is 23.8 Å². The van der Waals surface area contributed by atoms with Crippen molar-refractivity contribution >= 4 is 11.8 Å². The molecule has 0 atom stereocenters. The van der Waals surface area contributed by atoms with Gasteiger partial charge in [-0.2, -0.15) is 0 Å². The van der Waals surface area contributed by atoms with E-state index >= 15 is 0 Å². The minimum Gasteiger partial charge on any atom is -0.504 e. The van der Waals surface area contributed by atoms with Crippen molar-refractivity contribution in [3.8, 4) is 11.5 Å². The van der Waals surface area contributed by atoms with Gasteiger partial charge in [0, 0.05) is 20.6 Å².